The molecule has 0 radical (unpaired) electrons. The summed E-state index contributed by atoms with van der Waals surface area (Å²) in [7, 11) is 1.77. The maximum absolute atomic E-state index is 13.5. The van der Waals surface area contributed by atoms with Gasteiger partial charge in [0.15, 0.2) is 11.5 Å². The summed E-state index contributed by atoms with van der Waals surface area (Å²) in [6, 6.07) is 6.47. The van der Waals surface area contributed by atoms with Crippen LogP contribution >= 0.6 is 11.6 Å². The lowest BCUT2D eigenvalue weighted by atomic mass is 10.2. The summed E-state index contributed by atoms with van der Waals surface area (Å²) < 4.78 is 20.5. The van der Waals surface area contributed by atoms with Crippen molar-refractivity contribution in [3.8, 4) is 0 Å². The molecule has 2 heterocycles. The molecule has 0 N–H and O–H groups in total. The molecule has 0 aliphatic rings. The first-order valence-electron chi connectivity index (χ1n) is 6.30. The Morgan fingerprint density at radius 2 is 2.05 bits per heavy atom. The van der Waals surface area contributed by atoms with Crippen LogP contribution in [-0.4, -0.2) is 19.7 Å². The second-order valence-corrected chi connectivity index (χ2v) is 4.88. The Morgan fingerprint density at radius 3 is 2.86 bits per heavy atom. The number of ether oxygens (including phenoxy) is 1. The van der Waals surface area contributed by atoms with Crippen LogP contribution in [0.2, 0.25) is 5.15 Å². The zero-order valence-electron chi connectivity index (χ0n) is 11.3. The van der Waals surface area contributed by atoms with Crippen molar-refractivity contribution in [3.05, 3.63) is 52.8 Å². The minimum Gasteiger partial charge on any atom is -0.369 e. The summed E-state index contributed by atoms with van der Waals surface area (Å²) >= 11 is 6.08. The standard InChI is InChI=1S/C14H12ClFN4O/c1-20-14-10(6-17-20)13(15)18-12(19-14)8-21-7-9-4-2-3-5-11(9)16/h2-6H,7-8H2,1H3. The Morgan fingerprint density at radius 1 is 1.24 bits per heavy atom. The number of nitrogens with zero attached hydrogens (tertiary/aromatic N) is 4. The molecule has 0 bridgehead atoms. The van der Waals surface area contributed by atoms with Crippen molar-refractivity contribution in [1.29, 1.82) is 0 Å². The fourth-order valence-electron chi connectivity index (χ4n) is 1.96. The van der Waals surface area contributed by atoms with Gasteiger partial charge in [-0.15, -0.1) is 0 Å². The largest absolute Gasteiger partial charge is 0.369 e. The van der Waals surface area contributed by atoms with Gasteiger partial charge >= 0.3 is 0 Å². The lowest BCUT2D eigenvalue weighted by Crippen LogP contribution is -2.03. The molecule has 108 valence electrons. The predicted octanol–water partition coefficient (Wildman–Crippen LogP) is 2.87. The highest BCUT2D eigenvalue weighted by Crippen LogP contribution is 2.19. The SMILES string of the molecule is Cn1ncc2c(Cl)nc(COCc3ccccc3F)nc21. The summed E-state index contributed by atoms with van der Waals surface area (Å²) in [5.74, 6) is 0.144. The van der Waals surface area contributed by atoms with Gasteiger partial charge in [-0.2, -0.15) is 5.10 Å². The van der Waals surface area contributed by atoms with Gasteiger partial charge in [0.25, 0.3) is 0 Å². The van der Waals surface area contributed by atoms with Crippen LogP contribution in [0.4, 0.5) is 4.39 Å². The van der Waals surface area contributed by atoms with Crippen molar-refractivity contribution in [2.75, 3.05) is 0 Å². The van der Waals surface area contributed by atoms with E-state index in [2.05, 4.69) is 15.1 Å². The van der Waals surface area contributed by atoms with E-state index in [9.17, 15) is 4.39 Å². The van der Waals surface area contributed by atoms with Crippen LogP contribution in [0.3, 0.4) is 0 Å². The van der Waals surface area contributed by atoms with Gasteiger partial charge in [0.05, 0.1) is 18.2 Å². The molecule has 3 aromatic rings. The minimum absolute atomic E-state index is 0.148. The average molecular weight is 307 g/mol. The first-order chi connectivity index (χ1) is 10.1. The Hall–Kier alpha value is -2.05. The molecule has 3 rings (SSSR count). The smallest absolute Gasteiger partial charge is 0.162 e. The molecular weight excluding hydrogens is 295 g/mol. The van der Waals surface area contributed by atoms with Crippen molar-refractivity contribution in [2.24, 2.45) is 7.05 Å². The van der Waals surface area contributed by atoms with E-state index in [0.717, 1.165) is 0 Å². The molecule has 0 aliphatic heterocycles. The van der Waals surface area contributed by atoms with Crippen molar-refractivity contribution >= 4 is 22.6 Å². The minimum atomic E-state index is -0.293. The summed E-state index contributed by atoms with van der Waals surface area (Å²) in [4.78, 5) is 8.49. The molecule has 1 aromatic carbocycles. The molecule has 0 aliphatic carbocycles. The van der Waals surface area contributed by atoms with Gasteiger partial charge in [-0.25, -0.2) is 14.4 Å². The quantitative estimate of drug-likeness (QED) is 0.696. The Balaban J connectivity index is 1.74. The Kier molecular flexibility index (Phi) is 3.81. The van der Waals surface area contributed by atoms with Crippen LogP contribution in [0.5, 0.6) is 0 Å². The zero-order chi connectivity index (χ0) is 14.8. The van der Waals surface area contributed by atoms with Crippen LogP contribution in [0.25, 0.3) is 11.0 Å². The van der Waals surface area contributed by atoms with E-state index in [0.29, 0.717) is 27.6 Å². The monoisotopic (exact) mass is 306 g/mol. The van der Waals surface area contributed by atoms with Crippen LogP contribution < -0.4 is 0 Å². The zero-order valence-corrected chi connectivity index (χ0v) is 12.0. The van der Waals surface area contributed by atoms with Gasteiger partial charge < -0.3 is 4.74 Å². The molecular formula is C14H12ClFN4O. The number of rotatable bonds is 4. The fraction of sp³-hybridized carbons (Fsp3) is 0.214. The van der Waals surface area contributed by atoms with Gasteiger partial charge in [-0.1, -0.05) is 29.8 Å². The molecule has 0 saturated heterocycles. The van der Waals surface area contributed by atoms with Crippen molar-refractivity contribution in [3.63, 3.8) is 0 Å². The van der Waals surface area contributed by atoms with Gasteiger partial charge in [0, 0.05) is 12.6 Å². The first kappa shape index (κ1) is 13.9. The topological polar surface area (TPSA) is 52.8 Å². The van der Waals surface area contributed by atoms with Gasteiger partial charge in [-0.05, 0) is 6.07 Å². The molecule has 0 saturated carbocycles. The molecule has 0 atom stereocenters. The highest BCUT2D eigenvalue weighted by Gasteiger charge is 2.10. The predicted molar refractivity (Wildman–Crippen MR) is 76.2 cm³/mol. The molecule has 21 heavy (non-hydrogen) atoms. The van der Waals surface area contributed by atoms with Gasteiger partial charge in [-0.3, -0.25) is 4.68 Å². The maximum atomic E-state index is 13.5. The molecule has 0 spiro atoms. The number of hydrogen-bond donors (Lipinski definition) is 0. The van der Waals surface area contributed by atoms with Crippen LogP contribution in [0.15, 0.2) is 30.5 Å². The first-order valence-corrected chi connectivity index (χ1v) is 6.68. The van der Waals surface area contributed by atoms with E-state index in [4.69, 9.17) is 16.3 Å². The molecule has 0 unspecified atom stereocenters. The second kappa shape index (κ2) is 5.75. The second-order valence-electron chi connectivity index (χ2n) is 4.52. The van der Waals surface area contributed by atoms with E-state index >= 15 is 0 Å². The maximum Gasteiger partial charge on any atom is 0.162 e. The third-order valence-corrected chi connectivity index (χ3v) is 3.33. The van der Waals surface area contributed by atoms with Crippen LogP contribution in [0, 0.1) is 5.82 Å². The van der Waals surface area contributed by atoms with Crippen molar-refractivity contribution in [2.45, 2.75) is 13.2 Å². The summed E-state index contributed by atoms with van der Waals surface area (Å²) in [6.07, 6.45) is 1.61. The fourth-order valence-corrected chi connectivity index (χ4v) is 2.19. The summed E-state index contributed by atoms with van der Waals surface area (Å²) in [5, 5.41) is 5.10. The number of fused-ring (bicyclic) bond motifs is 1. The van der Waals surface area contributed by atoms with Crippen molar-refractivity contribution in [1.82, 2.24) is 19.7 Å². The number of aryl methyl sites for hydroxylation is 1. The average Bonchev–Trinajstić information content (AvgIpc) is 2.83. The number of hydrogen-bond acceptors (Lipinski definition) is 4. The van der Waals surface area contributed by atoms with E-state index in [-0.39, 0.29) is 19.0 Å². The number of aromatic nitrogens is 4. The number of halogens is 2. The van der Waals surface area contributed by atoms with E-state index in [1.54, 1.807) is 36.1 Å². The lowest BCUT2D eigenvalue weighted by molar-refractivity contribution is 0.0996. The Bertz CT molecular complexity index is 790. The molecule has 0 amide bonds. The van der Waals surface area contributed by atoms with Crippen LogP contribution in [0.1, 0.15) is 11.4 Å². The third kappa shape index (κ3) is 2.86. The molecule has 0 fully saturated rings. The van der Waals surface area contributed by atoms with E-state index < -0.39 is 0 Å². The molecule has 5 nitrogen and oxygen atoms in total. The summed E-state index contributed by atoms with van der Waals surface area (Å²) in [5.41, 5.74) is 1.13. The van der Waals surface area contributed by atoms with Gasteiger partial charge in [0.1, 0.15) is 17.6 Å². The molecule has 2 aromatic heterocycles. The van der Waals surface area contributed by atoms with E-state index in [1.807, 2.05) is 0 Å². The number of benzene rings is 1. The molecule has 7 heteroatoms. The Labute approximate surface area is 125 Å². The van der Waals surface area contributed by atoms with Crippen molar-refractivity contribution < 1.29 is 9.13 Å². The summed E-state index contributed by atoms with van der Waals surface area (Å²) in [6.45, 7) is 0.298. The van der Waals surface area contributed by atoms with E-state index in [1.165, 1.54) is 6.07 Å². The van der Waals surface area contributed by atoms with Gasteiger partial charge in [0.2, 0.25) is 0 Å². The van der Waals surface area contributed by atoms with Crippen LogP contribution in [-0.2, 0) is 25.0 Å². The third-order valence-electron chi connectivity index (χ3n) is 3.04. The highest BCUT2D eigenvalue weighted by atomic mass is 35.5. The normalized spacial score (nSPS) is 11.2. The lowest BCUT2D eigenvalue weighted by Gasteiger charge is -2.05. The highest BCUT2D eigenvalue weighted by molar-refractivity contribution is 6.33.